The van der Waals surface area contributed by atoms with Crippen molar-refractivity contribution in [3.05, 3.63) is 59.8 Å². The monoisotopic (exact) mass is 332 g/mol. The second-order valence-electron chi connectivity index (χ2n) is 5.39. The Balaban J connectivity index is 2.03. The van der Waals surface area contributed by atoms with Crippen LogP contribution in [0.1, 0.15) is 11.3 Å². The molecule has 3 rings (SSSR count). The van der Waals surface area contributed by atoms with Crippen molar-refractivity contribution >= 4 is 22.3 Å². The summed E-state index contributed by atoms with van der Waals surface area (Å²) in [5.41, 5.74) is 1.75. The van der Waals surface area contributed by atoms with Crippen LogP contribution in [0.15, 0.2) is 48.5 Å². The van der Waals surface area contributed by atoms with E-state index in [0.29, 0.717) is 22.3 Å². The number of halogens is 3. The van der Waals surface area contributed by atoms with Crippen molar-refractivity contribution in [1.29, 1.82) is 0 Å². The first-order valence-corrected chi connectivity index (χ1v) is 7.26. The van der Waals surface area contributed by atoms with Crippen LogP contribution in [0.4, 0.5) is 24.5 Å². The third-order valence-electron chi connectivity index (χ3n) is 3.63. The highest BCUT2D eigenvalue weighted by molar-refractivity contribution is 5.93. The molecule has 1 N–H and O–H groups in total. The summed E-state index contributed by atoms with van der Waals surface area (Å²) in [6, 6.07) is 12.7. The molecule has 0 unspecified atom stereocenters. The number of rotatable bonds is 3. The maximum atomic E-state index is 12.9. The fourth-order valence-corrected chi connectivity index (χ4v) is 2.47. The predicted molar refractivity (Wildman–Crippen MR) is 87.8 cm³/mol. The summed E-state index contributed by atoms with van der Waals surface area (Å²) in [7, 11) is 1.58. The molecule has 0 atom stereocenters. The van der Waals surface area contributed by atoms with Crippen LogP contribution in [0.25, 0.3) is 10.9 Å². The van der Waals surface area contributed by atoms with Gasteiger partial charge >= 0.3 is 6.18 Å². The summed E-state index contributed by atoms with van der Waals surface area (Å²) in [6.45, 7) is 1.75. The molecule has 0 aliphatic rings. The Morgan fingerprint density at radius 1 is 1.00 bits per heavy atom. The molecule has 0 radical (unpaired) electrons. The SMILES string of the molecule is COc1ccc(Nc2cc(C)nc3cc(C(F)(F)F)ccc23)cc1. The third kappa shape index (κ3) is 3.27. The predicted octanol–water partition coefficient (Wildman–Crippen LogP) is 5.31. The highest BCUT2D eigenvalue weighted by Gasteiger charge is 2.30. The van der Waals surface area contributed by atoms with E-state index in [-0.39, 0.29) is 0 Å². The van der Waals surface area contributed by atoms with Gasteiger partial charge in [0.15, 0.2) is 0 Å². The first-order chi connectivity index (χ1) is 11.4. The maximum Gasteiger partial charge on any atom is 0.416 e. The Labute approximate surface area is 137 Å². The largest absolute Gasteiger partial charge is 0.497 e. The van der Waals surface area contributed by atoms with Crippen LogP contribution in [-0.2, 0) is 6.18 Å². The molecule has 1 aromatic heterocycles. The number of aryl methyl sites for hydroxylation is 1. The molecule has 24 heavy (non-hydrogen) atoms. The van der Waals surface area contributed by atoms with Crippen LogP contribution in [-0.4, -0.2) is 12.1 Å². The van der Waals surface area contributed by atoms with Crippen LogP contribution >= 0.6 is 0 Å². The van der Waals surface area contributed by atoms with Crippen molar-refractivity contribution in [2.24, 2.45) is 0 Å². The van der Waals surface area contributed by atoms with Crippen molar-refractivity contribution < 1.29 is 17.9 Å². The molecular formula is C18H15F3N2O. The highest BCUT2D eigenvalue weighted by atomic mass is 19.4. The van der Waals surface area contributed by atoms with Gasteiger partial charge in [-0.1, -0.05) is 6.07 Å². The summed E-state index contributed by atoms with van der Waals surface area (Å²) in [5.74, 6) is 0.728. The van der Waals surface area contributed by atoms with Crippen LogP contribution in [0.5, 0.6) is 5.75 Å². The second-order valence-corrected chi connectivity index (χ2v) is 5.39. The zero-order valence-corrected chi connectivity index (χ0v) is 13.1. The molecular weight excluding hydrogens is 317 g/mol. The van der Waals surface area contributed by atoms with Gasteiger partial charge in [-0.3, -0.25) is 4.98 Å². The highest BCUT2D eigenvalue weighted by Crippen LogP contribution is 2.34. The van der Waals surface area contributed by atoms with Crippen LogP contribution < -0.4 is 10.1 Å². The van der Waals surface area contributed by atoms with E-state index in [1.165, 1.54) is 6.07 Å². The van der Waals surface area contributed by atoms with Gasteiger partial charge in [-0.05, 0) is 49.4 Å². The lowest BCUT2D eigenvalue weighted by molar-refractivity contribution is -0.137. The maximum absolute atomic E-state index is 12.9. The Hall–Kier alpha value is -2.76. The van der Waals surface area contributed by atoms with Gasteiger partial charge in [0.1, 0.15) is 5.75 Å². The van der Waals surface area contributed by atoms with Gasteiger partial charge in [-0.2, -0.15) is 13.2 Å². The summed E-state index contributed by atoms with van der Waals surface area (Å²) < 4.78 is 43.7. The van der Waals surface area contributed by atoms with Crippen molar-refractivity contribution in [2.75, 3.05) is 12.4 Å². The third-order valence-corrected chi connectivity index (χ3v) is 3.63. The normalized spacial score (nSPS) is 11.5. The number of fused-ring (bicyclic) bond motifs is 1. The van der Waals surface area contributed by atoms with E-state index >= 15 is 0 Å². The lowest BCUT2D eigenvalue weighted by Crippen LogP contribution is -2.05. The number of benzene rings is 2. The number of hydrogen-bond donors (Lipinski definition) is 1. The lowest BCUT2D eigenvalue weighted by Gasteiger charge is -2.13. The first-order valence-electron chi connectivity index (χ1n) is 7.26. The van der Waals surface area contributed by atoms with E-state index in [0.717, 1.165) is 23.6 Å². The second kappa shape index (κ2) is 6.03. The topological polar surface area (TPSA) is 34.1 Å². The molecule has 124 valence electrons. The number of alkyl halides is 3. The first kappa shape index (κ1) is 16.1. The fourth-order valence-electron chi connectivity index (χ4n) is 2.47. The molecule has 0 fully saturated rings. The van der Waals surface area contributed by atoms with E-state index in [1.54, 1.807) is 32.2 Å². The Bertz CT molecular complexity index is 874. The van der Waals surface area contributed by atoms with Gasteiger partial charge in [0.2, 0.25) is 0 Å². The van der Waals surface area contributed by atoms with E-state index in [2.05, 4.69) is 10.3 Å². The fraction of sp³-hybridized carbons (Fsp3) is 0.167. The van der Waals surface area contributed by atoms with E-state index in [1.807, 2.05) is 12.1 Å². The number of aromatic nitrogens is 1. The minimum Gasteiger partial charge on any atom is -0.497 e. The van der Waals surface area contributed by atoms with Gasteiger partial charge in [0, 0.05) is 22.5 Å². The number of methoxy groups -OCH3 is 1. The minimum absolute atomic E-state index is 0.306. The number of ether oxygens (including phenoxy) is 1. The quantitative estimate of drug-likeness (QED) is 0.705. The molecule has 3 aromatic rings. The number of anilines is 2. The summed E-state index contributed by atoms with van der Waals surface area (Å²) in [4.78, 5) is 4.22. The van der Waals surface area contributed by atoms with E-state index in [4.69, 9.17) is 4.74 Å². The molecule has 0 aliphatic carbocycles. The van der Waals surface area contributed by atoms with Crippen molar-refractivity contribution in [1.82, 2.24) is 4.98 Å². The van der Waals surface area contributed by atoms with Gasteiger partial charge in [-0.15, -0.1) is 0 Å². The molecule has 0 bridgehead atoms. The van der Waals surface area contributed by atoms with Crippen molar-refractivity contribution in [2.45, 2.75) is 13.1 Å². The smallest absolute Gasteiger partial charge is 0.416 e. The van der Waals surface area contributed by atoms with Crippen LogP contribution in [0.2, 0.25) is 0 Å². The van der Waals surface area contributed by atoms with Gasteiger partial charge < -0.3 is 10.1 Å². The Morgan fingerprint density at radius 3 is 2.33 bits per heavy atom. The molecule has 1 heterocycles. The molecule has 0 amide bonds. The zero-order valence-electron chi connectivity index (χ0n) is 13.1. The zero-order chi connectivity index (χ0) is 17.3. The summed E-state index contributed by atoms with van der Waals surface area (Å²) in [5, 5.41) is 3.85. The molecule has 0 aliphatic heterocycles. The van der Waals surface area contributed by atoms with Gasteiger partial charge in [0.25, 0.3) is 0 Å². The Kier molecular flexibility index (Phi) is 4.05. The number of pyridine rings is 1. The van der Waals surface area contributed by atoms with Crippen molar-refractivity contribution in [3.8, 4) is 5.75 Å². The van der Waals surface area contributed by atoms with Gasteiger partial charge in [0.05, 0.1) is 18.2 Å². The van der Waals surface area contributed by atoms with E-state index in [9.17, 15) is 13.2 Å². The minimum atomic E-state index is -4.39. The molecule has 3 nitrogen and oxygen atoms in total. The van der Waals surface area contributed by atoms with Crippen LogP contribution in [0, 0.1) is 6.92 Å². The molecule has 0 spiro atoms. The number of nitrogens with one attached hydrogen (secondary N) is 1. The molecule has 6 heteroatoms. The average molecular weight is 332 g/mol. The number of hydrogen-bond acceptors (Lipinski definition) is 3. The molecule has 0 saturated heterocycles. The van der Waals surface area contributed by atoms with E-state index < -0.39 is 11.7 Å². The molecule has 2 aromatic carbocycles. The van der Waals surface area contributed by atoms with Crippen molar-refractivity contribution in [3.63, 3.8) is 0 Å². The van der Waals surface area contributed by atoms with Gasteiger partial charge in [-0.25, -0.2) is 0 Å². The standard InChI is InChI=1S/C18H15F3N2O/c1-11-9-16(23-13-4-6-14(24-2)7-5-13)15-8-3-12(18(19,20)21)10-17(15)22-11/h3-10H,1-2H3,(H,22,23). The number of nitrogens with zero attached hydrogens (tertiary/aromatic N) is 1. The lowest BCUT2D eigenvalue weighted by atomic mass is 10.1. The summed E-state index contributed by atoms with van der Waals surface area (Å²) >= 11 is 0. The molecule has 0 saturated carbocycles. The Morgan fingerprint density at radius 2 is 1.71 bits per heavy atom. The summed E-state index contributed by atoms with van der Waals surface area (Å²) in [6.07, 6.45) is -4.39. The van der Waals surface area contributed by atoms with Crippen LogP contribution in [0.3, 0.4) is 0 Å². The average Bonchev–Trinajstić information content (AvgIpc) is 2.54.